The number of likely N-dealkylation sites (N-methyl/N-ethyl adjacent to an activating group) is 1. The minimum atomic E-state index is -5.07. The molecule has 0 heterocycles. The van der Waals surface area contributed by atoms with Crippen molar-refractivity contribution in [3.8, 4) is 0 Å². The van der Waals surface area contributed by atoms with Gasteiger partial charge in [0.1, 0.15) is 6.54 Å². The topological polar surface area (TPSA) is 66.4 Å². The van der Waals surface area contributed by atoms with Crippen LogP contribution in [0, 0.1) is 0 Å². The molecule has 0 aliphatic carbocycles. The molecule has 0 bridgehead atoms. The highest BCUT2D eigenvalue weighted by atomic mass is 19.4. The zero-order chi connectivity index (χ0) is 12.3. The predicted molar refractivity (Wildman–Crippen MR) is 39.0 cm³/mol. The summed E-state index contributed by atoms with van der Waals surface area (Å²) in [6.07, 6.45) is -5.07. The molecule has 0 atom stereocenters. The van der Waals surface area contributed by atoms with Gasteiger partial charge in [0.25, 0.3) is 0 Å². The minimum absolute atomic E-state index is 0.440. The molecule has 88 valence electrons. The molecule has 0 aliphatic rings. The summed E-state index contributed by atoms with van der Waals surface area (Å²) in [4.78, 5) is 20.4. The van der Waals surface area contributed by atoms with Crippen molar-refractivity contribution in [1.29, 1.82) is 0 Å². The maximum atomic E-state index is 11.7. The van der Waals surface area contributed by atoms with Crippen molar-refractivity contribution >= 4 is 11.9 Å². The van der Waals surface area contributed by atoms with Crippen molar-refractivity contribution in [3.05, 3.63) is 0 Å². The second-order valence-corrected chi connectivity index (χ2v) is 3.52. The molecule has 0 unspecified atom stereocenters. The lowest BCUT2D eigenvalue weighted by Crippen LogP contribution is -2.50. The summed E-state index contributed by atoms with van der Waals surface area (Å²) < 4.78 is 38.5. The fourth-order valence-electron chi connectivity index (χ4n) is 0.710. The summed E-state index contributed by atoms with van der Waals surface area (Å²) in [6, 6.07) is 0. The number of carboxylic acid groups (broad SMARTS) is 1. The third-order valence-electron chi connectivity index (χ3n) is 1.33. The first-order valence-corrected chi connectivity index (χ1v) is 3.80. The van der Waals surface area contributed by atoms with Crippen LogP contribution in [0.3, 0.4) is 0 Å². The van der Waals surface area contributed by atoms with E-state index in [0.717, 1.165) is 0 Å². The summed E-state index contributed by atoms with van der Waals surface area (Å²) in [5.74, 6) is -3.78. The number of esters is 1. The zero-order valence-corrected chi connectivity index (χ0v) is 8.13. The van der Waals surface area contributed by atoms with E-state index in [1.165, 1.54) is 14.1 Å². The number of carboxylic acids is 1. The third kappa shape index (κ3) is 5.89. The highest BCUT2D eigenvalue weighted by Crippen LogP contribution is 2.16. The number of quaternary nitrogens is 1. The molecular weight excluding hydrogens is 219 g/mol. The lowest BCUT2D eigenvalue weighted by atomic mass is 10.5. The molecule has 0 radical (unpaired) electrons. The number of carbonyl (C=O) groups is 2. The second-order valence-electron chi connectivity index (χ2n) is 3.52. The average Bonchev–Trinajstić information content (AvgIpc) is 1.95. The van der Waals surface area contributed by atoms with E-state index in [9.17, 15) is 27.9 Å². The van der Waals surface area contributed by atoms with Gasteiger partial charge in [-0.15, -0.1) is 0 Å². The normalized spacial score (nSPS) is 12.3. The van der Waals surface area contributed by atoms with Crippen LogP contribution in [-0.4, -0.2) is 50.0 Å². The van der Waals surface area contributed by atoms with Gasteiger partial charge in [0.2, 0.25) is 6.73 Å². The molecule has 0 amide bonds. The van der Waals surface area contributed by atoms with Gasteiger partial charge >= 0.3 is 12.1 Å². The van der Waals surface area contributed by atoms with Gasteiger partial charge in [-0.3, -0.25) is 4.48 Å². The van der Waals surface area contributed by atoms with Crippen LogP contribution >= 0.6 is 0 Å². The molecule has 0 fully saturated rings. The summed E-state index contributed by atoms with van der Waals surface area (Å²) in [5, 5.41) is 10.2. The van der Waals surface area contributed by atoms with Crippen molar-refractivity contribution in [2.75, 3.05) is 27.4 Å². The van der Waals surface area contributed by atoms with Crippen molar-refractivity contribution in [2.45, 2.75) is 6.18 Å². The molecule has 15 heavy (non-hydrogen) atoms. The van der Waals surface area contributed by atoms with Gasteiger partial charge in [-0.05, 0) is 0 Å². The Morgan fingerprint density at radius 2 is 1.80 bits per heavy atom. The van der Waals surface area contributed by atoms with Crippen LogP contribution < -0.4 is 5.11 Å². The van der Waals surface area contributed by atoms with Gasteiger partial charge in [0.15, 0.2) is 0 Å². The molecule has 0 aliphatic heterocycles. The van der Waals surface area contributed by atoms with Crippen molar-refractivity contribution in [1.82, 2.24) is 0 Å². The lowest BCUT2D eigenvalue weighted by molar-refractivity contribution is -0.902. The van der Waals surface area contributed by atoms with Crippen LogP contribution in [-0.2, 0) is 14.3 Å². The van der Waals surface area contributed by atoms with Crippen molar-refractivity contribution in [2.24, 2.45) is 0 Å². The van der Waals surface area contributed by atoms with Crippen LogP contribution in [0.1, 0.15) is 0 Å². The molecule has 0 aromatic rings. The van der Waals surface area contributed by atoms with Gasteiger partial charge < -0.3 is 14.6 Å². The van der Waals surface area contributed by atoms with E-state index in [2.05, 4.69) is 4.74 Å². The van der Waals surface area contributed by atoms with Crippen LogP contribution in [0.5, 0.6) is 0 Å². The van der Waals surface area contributed by atoms with Crippen molar-refractivity contribution < 1.29 is 37.1 Å². The van der Waals surface area contributed by atoms with E-state index < -0.39 is 35.9 Å². The van der Waals surface area contributed by atoms with Crippen LogP contribution in [0.15, 0.2) is 0 Å². The number of aliphatic carboxylic acids is 1. The number of rotatable bonds is 4. The Hall–Kier alpha value is -1.31. The molecule has 0 saturated carbocycles. The van der Waals surface area contributed by atoms with E-state index in [-0.39, 0.29) is 0 Å². The number of nitrogens with zero attached hydrogens (tertiary/aromatic N) is 1. The van der Waals surface area contributed by atoms with Crippen molar-refractivity contribution in [3.63, 3.8) is 0 Å². The first kappa shape index (κ1) is 13.7. The molecule has 0 aromatic carbocycles. The SMILES string of the molecule is C[N+](C)(COC(=O)C(F)(F)F)CC(=O)[O-]. The number of hydrogen-bond donors (Lipinski definition) is 0. The molecule has 0 N–H and O–H groups in total. The van der Waals surface area contributed by atoms with E-state index in [1.54, 1.807) is 0 Å². The van der Waals surface area contributed by atoms with E-state index in [4.69, 9.17) is 0 Å². The first-order chi connectivity index (χ1) is 6.54. The summed E-state index contributed by atoms with van der Waals surface area (Å²) in [6.45, 7) is -1.24. The standard InChI is InChI=1S/C7H10F3NO4/c1-11(2,3-5(12)13)4-15-6(14)7(8,9)10/h3-4H2,1-2H3. The van der Waals surface area contributed by atoms with Gasteiger partial charge in [-0.1, -0.05) is 0 Å². The third-order valence-corrected chi connectivity index (χ3v) is 1.33. The monoisotopic (exact) mass is 229 g/mol. The van der Waals surface area contributed by atoms with Gasteiger partial charge in [-0.2, -0.15) is 13.2 Å². The lowest BCUT2D eigenvalue weighted by Gasteiger charge is -2.28. The fraction of sp³-hybridized carbons (Fsp3) is 0.714. The van der Waals surface area contributed by atoms with E-state index >= 15 is 0 Å². The Bertz CT molecular complexity index is 261. The summed E-state index contributed by atoms with van der Waals surface area (Å²) in [5.41, 5.74) is 0. The quantitative estimate of drug-likeness (QED) is 0.348. The number of alkyl halides is 3. The van der Waals surface area contributed by atoms with Crippen LogP contribution in [0.4, 0.5) is 13.2 Å². The largest absolute Gasteiger partial charge is 0.544 e. The summed E-state index contributed by atoms with van der Waals surface area (Å²) >= 11 is 0. The molecule has 5 nitrogen and oxygen atoms in total. The average molecular weight is 229 g/mol. The number of halogens is 3. The number of hydrogen-bond acceptors (Lipinski definition) is 4. The number of ether oxygens (including phenoxy) is 1. The Kier molecular flexibility index (Phi) is 4.08. The molecular formula is C7H10F3NO4. The minimum Gasteiger partial charge on any atom is -0.544 e. The molecule has 0 saturated heterocycles. The van der Waals surface area contributed by atoms with Crippen LogP contribution in [0.2, 0.25) is 0 Å². The highest BCUT2D eigenvalue weighted by Gasteiger charge is 2.42. The van der Waals surface area contributed by atoms with E-state index in [0.29, 0.717) is 0 Å². The van der Waals surface area contributed by atoms with Crippen LogP contribution in [0.25, 0.3) is 0 Å². The zero-order valence-electron chi connectivity index (χ0n) is 8.13. The first-order valence-electron chi connectivity index (χ1n) is 3.80. The molecule has 8 heteroatoms. The van der Waals surface area contributed by atoms with E-state index in [1.807, 2.05) is 0 Å². The van der Waals surface area contributed by atoms with Gasteiger partial charge in [-0.25, -0.2) is 4.79 Å². The Balaban J connectivity index is 4.15. The maximum Gasteiger partial charge on any atom is 0.491 e. The second kappa shape index (κ2) is 4.47. The smallest absolute Gasteiger partial charge is 0.491 e. The fourth-order valence-corrected chi connectivity index (χ4v) is 0.710. The van der Waals surface area contributed by atoms with Gasteiger partial charge in [0.05, 0.1) is 20.1 Å². The highest BCUT2D eigenvalue weighted by molar-refractivity contribution is 5.75. The Labute approximate surface area is 83.6 Å². The Morgan fingerprint density at radius 3 is 2.13 bits per heavy atom. The molecule has 0 aromatic heterocycles. The summed E-state index contributed by atoms with van der Waals surface area (Å²) in [7, 11) is 2.58. The molecule has 0 rings (SSSR count). The van der Waals surface area contributed by atoms with Gasteiger partial charge in [0, 0.05) is 0 Å². The predicted octanol–water partition coefficient (Wildman–Crippen LogP) is -1.12. The Morgan fingerprint density at radius 1 is 1.33 bits per heavy atom. The maximum absolute atomic E-state index is 11.7. The molecule has 0 spiro atoms. The number of carbonyl (C=O) groups excluding carboxylic acids is 2.